The average Bonchev–Trinajstić information content (AvgIpc) is 3.04. The number of pyridine rings is 1. The number of nitrogens with one attached hydrogen (secondary N) is 1. The number of aromatic nitrogens is 5. The Kier molecular flexibility index (Phi) is 5.14. The molecule has 1 amide bonds. The molecule has 4 aromatic rings. The molecule has 0 spiro atoms. The molecular formula is C22H22N6O2. The molecule has 0 atom stereocenters. The molecule has 1 N–H and O–H groups in total. The van der Waals surface area contributed by atoms with Crippen LogP contribution in [0.5, 0.6) is 0 Å². The van der Waals surface area contributed by atoms with E-state index in [-0.39, 0.29) is 12.5 Å². The number of aryl methyl sites for hydroxylation is 1. The minimum absolute atomic E-state index is 0.184. The summed E-state index contributed by atoms with van der Waals surface area (Å²) in [5.74, 6) is 0.537. The Morgan fingerprint density at radius 2 is 1.90 bits per heavy atom. The summed E-state index contributed by atoms with van der Waals surface area (Å²) in [5.41, 5.74) is 3.43. The first-order valence-corrected chi connectivity index (χ1v) is 9.70. The molecule has 152 valence electrons. The van der Waals surface area contributed by atoms with Crippen molar-refractivity contribution in [2.45, 2.75) is 33.2 Å². The molecule has 0 aliphatic rings. The monoisotopic (exact) mass is 402 g/mol. The second-order valence-corrected chi connectivity index (χ2v) is 7.39. The van der Waals surface area contributed by atoms with Crippen LogP contribution in [0, 0.1) is 6.92 Å². The first kappa shape index (κ1) is 19.5. The summed E-state index contributed by atoms with van der Waals surface area (Å²) in [6, 6.07) is 13.1. The van der Waals surface area contributed by atoms with Gasteiger partial charge in [0.2, 0.25) is 5.91 Å². The van der Waals surface area contributed by atoms with Gasteiger partial charge in [0.1, 0.15) is 12.4 Å². The Hall–Kier alpha value is -3.81. The molecule has 0 fully saturated rings. The largest absolute Gasteiger partial charge is 0.352 e. The number of amides is 1. The Morgan fingerprint density at radius 1 is 1.13 bits per heavy atom. The maximum absolute atomic E-state index is 12.8. The van der Waals surface area contributed by atoms with Gasteiger partial charge in [-0.15, -0.1) is 5.10 Å². The van der Waals surface area contributed by atoms with Crippen LogP contribution in [0.4, 0.5) is 5.69 Å². The van der Waals surface area contributed by atoms with E-state index in [0.29, 0.717) is 28.8 Å². The van der Waals surface area contributed by atoms with Gasteiger partial charge in [-0.3, -0.25) is 9.78 Å². The summed E-state index contributed by atoms with van der Waals surface area (Å²) >= 11 is 0. The van der Waals surface area contributed by atoms with Gasteiger partial charge in [-0.2, -0.15) is 0 Å². The third-order valence-electron chi connectivity index (χ3n) is 4.84. The molecule has 1 aromatic carbocycles. The van der Waals surface area contributed by atoms with Crippen LogP contribution in [-0.2, 0) is 11.3 Å². The van der Waals surface area contributed by atoms with Crippen LogP contribution in [0.3, 0.4) is 0 Å². The van der Waals surface area contributed by atoms with Crippen LogP contribution in [0.1, 0.15) is 31.2 Å². The standard InChI is InChI=1S/C22H22N6O2/c1-14(2)17-5-4-6-18(11-17)25-21(29)13-27-22(30)28-15(3)24-19(12-20(28)26-27)16-7-9-23-10-8-16/h4-12,14H,13H2,1-3H3,(H,25,29). The van der Waals surface area contributed by atoms with Gasteiger partial charge in [-0.25, -0.2) is 18.9 Å². The van der Waals surface area contributed by atoms with E-state index in [1.54, 1.807) is 25.4 Å². The molecule has 8 heteroatoms. The zero-order valence-electron chi connectivity index (χ0n) is 17.0. The number of hydrogen-bond acceptors (Lipinski definition) is 5. The highest BCUT2D eigenvalue weighted by atomic mass is 16.2. The van der Waals surface area contributed by atoms with E-state index in [1.807, 2.05) is 36.4 Å². The van der Waals surface area contributed by atoms with E-state index in [0.717, 1.165) is 15.8 Å². The van der Waals surface area contributed by atoms with E-state index in [2.05, 4.69) is 34.2 Å². The molecule has 3 aromatic heterocycles. The second-order valence-electron chi connectivity index (χ2n) is 7.39. The number of anilines is 1. The zero-order chi connectivity index (χ0) is 21.3. The Labute approximate surface area is 173 Å². The van der Waals surface area contributed by atoms with Crippen molar-refractivity contribution in [3.63, 3.8) is 0 Å². The van der Waals surface area contributed by atoms with Crippen LogP contribution in [0.25, 0.3) is 16.9 Å². The number of fused-ring (bicyclic) bond motifs is 1. The lowest BCUT2D eigenvalue weighted by atomic mass is 10.0. The van der Waals surface area contributed by atoms with Gasteiger partial charge in [0.25, 0.3) is 0 Å². The lowest BCUT2D eigenvalue weighted by molar-refractivity contribution is -0.117. The number of nitrogens with zero attached hydrogens (tertiary/aromatic N) is 5. The molecule has 0 unspecified atom stereocenters. The van der Waals surface area contributed by atoms with E-state index < -0.39 is 5.69 Å². The molecule has 0 saturated heterocycles. The van der Waals surface area contributed by atoms with Gasteiger partial charge in [0, 0.05) is 29.7 Å². The van der Waals surface area contributed by atoms with Crippen LogP contribution < -0.4 is 11.0 Å². The fourth-order valence-corrected chi connectivity index (χ4v) is 3.29. The van der Waals surface area contributed by atoms with Gasteiger partial charge in [-0.1, -0.05) is 26.0 Å². The van der Waals surface area contributed by atoms with Crippen molar-refractivity contribution < 1.29 is 4.79 Å². The topological polar surface area (TPSA) is 94.2 Å². The van der Waals surface area contributed by atoms with Gasteiger partial charge in [0.15, 0.2) is 5.65 Å². The van der Waals surface area contributed by atoms with Gasteiger partial charge in [-0.05, 0) is 42.7 Å². The predicted octanol–water partition coefficient (Wildman–Crippen LogP) is 3.02. The molecule has 4 rings (SSSR count). The summed E-state index contributed by atoms with van der Waals surface area (Å²) in [5, 5.41) is 7.18. The minimum atomic E-state index is -0.401. The maximum atomic E-state index is 12.8. The summed E-state index contributed by atoms with van der Waals surface area (Å²) < 4.78 is 2.55. The number of benzene rings is 1. The van der Waals surface area contributed by atoms with Gasteiger partial charge >= 0.3 is 5.69 Å². The quantitative estimate of drug-likeness (QED) is 0.554. The van der Waals surface area contributed by atoms with E-state index in [9.17, 15) is 9.59 Å². The first-order chi connectivity index (χ1) is 14.4. The minimum Gasteiger partial charge on any atom is -0.324 e. The lowest BCUT2D eigenvalue weighted by Crippen LogP contribution is -2.28. The van der Waals surface area contributed by atoms with Crippen molar-refractivity contribution in [2.24, 2.45) is 0 Å². The van der Waals surface area contributed by atoms with Crippen LogP contribution in [0.15, 0.2) is 59.7 Å². The fraction of sp³-hybridized carbons (Fsp3) is 0.227. The molecule has 0 saturated carbocycles. The Balaban J connectivity index is 1.61. The highest BCUT2D eigenvalue weighted by Gasteiger charge is 2.15. The highest BCUT2D eigenvalue weighted by Crippen LogP contribution is 2.19. The lowest BCUT2D eigenvalue weighted by Gasteiger charge is -2.09. The predicted molar refractivity (Wildman–Crippen MR) is 114 cm³/mol. The molecule has 0 bridgehead atoms. The van der Waals surface area contributed by atoms with E-state index >= 15 is 0 Å². The van der Waals surface area contributed by atoms with E-state index in [1.165, 1.54) is 4.40 Å². The summed E-state index contributed by atoms with van der Waals surface area (Å²) in [6.07, 6.45) is 3.36. The molecule has 3 heterocycles. The third kappa shape index (κ3) is 3.84. The fourth-order valence-electron chi connectivity index (χ4n) is 3.29. The van der Waals surface area contributed by atoms with Crippen molar-refractivity contribution in [3.05, 3.63) is 76.7 Å². The normalized spacial score (nSPS) is 11.2. The van der Waals surface area contributed by atoms with Crippen molar-refractivity contribution >= 4 is 17.2 Å². The third-order valence-corrected chi connectivity index (χ3v) is 4.84. The SMILES string of the molecule is Cc1nc(-c2ccncc2)cc2nn(CC(=O)Nc3cccc(C(C)C)c3)c(=O)n12. The van der Waals surface area contributed by atoms with Crippen LogP contribution in [-0.4, -0.2) is 30.1 Å². The van der Waals surface area contributed by atoms with Crippen molar-refractivity contribution in [2.75, 3.05) is 5.32 Å². The molecular weight excluding hydrogens is 380 g/mol. The molecule has 0 radical (unpaired) electrons. The molecule has 8 nitrogen and oxygen atoms in total. The number of rotatable bonds is 5. The van der Waals surface area contributed by atoms with Crippen molar-refractivity contribution in [1.29, 1.82) is 0 Å². The highest BCUT2D eigenvalue weighted by molar-refractivity contribution is 5.90. The summed E-state index contributed by atoms with van der Waals surface area (Å²) in [7, 11) is 0. The van der Waals surface area contributed by atoms with Crippen LogP contribution in [0.2, 0.25) is 0 Å². The zero-order valence-corrected chi connectivity index (χ0v) is 17.0. The number of hydrogen-bond donors (Lipinski definition) is 1. The Morgan fingerprint density at radius 3 is 2.63 bits per heavy atom. The van der Waals surface area contributed by atoms with Gasteiger partial charge in [0.05, 0.1) is 5.69 Å². The number of carbonyl (C=O) groups excluding carboxylic acids is 1. The second kappa shape index (κ2) is 7.90. The van der Waals surface area contributed by atoms with Crippen LogP contribution >= 0.6 is 0 Å². The summed E-state index contributed by atoms with van der Waals surface area (Å²) in [4.78, 5) is 33.8. The smallest absolute Gasteiger partial charge is 0.324 e. The van der Waals surface area contributed by atoms with Crippen molar-refractivity contribution in [3.8, 4) is 11.3 Å². The average molecular weight is 402 g/mol. The number of carbonyl (C=O) groups is 1. The molecule has 30 heavy (non-hydrogen) atoms. The first-order valence-electron chi connectivity index (χ1n) is 9.70. The van der Waals surface area contributed by atoms with Crippen molar-refractivity contribution in [1.82, 2.24) is 24.1 Å². The Bertz CT molecular complexity index is 1270. The molecule has 0 aliphatic heterocycles. The molecule has 0 aliphatic carbocycles. The van der Waals surface area contributed by atoms with Gasteiger partial charge < -0.3 is 5.32 Å². The maximum Gasteiger partial charge on any atom is 0.352 e. The summed E-state index contributed by atoms with van der Waals surface area (Å²) in [6.45, 7) is 5.74. The van der Waals surface area contributed by atoms with E-state index in [4.69, 9.17) is 0 Å².